The summed E-state index contributed by atoms with van der Waals surface area (Å²) in [6.07, 6.45) is 2.70. The summed E-state index contributed by atoms with van der Waals surface area (Å²) in [5.74, 6) is 0.00932. The number of carbonyl (C=O) groups excluding carboxylic acids is 1. The van der Waals surface area contributed by atoms with Gasteiger partial charge in [-0.2, -0.15) is 0 Å². The van der Waals surface area contributed by atoms with Crippen molar-refractivity contribution in [2.24, 2.45) is 16.6 Å². The van der Waals surface area contributed by atoms with Crippen LogP contribution in [0.1, 0.15) is 41.3 Å². The molecule has 1 amide bonds. The number of aromatic hydroxyl groups is 1. The van der Waals surface area contributed by atoms with Crippen LogP contribution < -0.4 is 5.73 Å². The summed E-state index contributed by atoms with van der Waals surface area (Å²) in [5.41, 5.74) is 9.06. The minimum atomic E-state index is -0.570. The van der Waals surface area contributed by atoms with E-state index in [1.165, 1.54) is 18.2 Å². The van der Waals surface area contributed by atoms with Crippen LogP contribution in [-0.4, -0.2) is 48.2 Å². The fourth-order valence-corrected chi connectivity index (χ4v) is 3.77. The number of nitrogens with two attached hydrogens (primary N) is 1. The fourth-order valence-electron chi connectivity index (χ4n) is 3.77. The van der Waals surface area contributed by atoms with Gasteiger partial charge in [-0.3, -0.25) is 4.79 Å². The van der Waals surface area contributed by atoms with Crippen LogP contribution in [0.2, 0.25) is 0 Å². The third kappa shape index (κ3) is 5.53. The molecule has 0 saturated carbocycles. The van der Waals surface area contributed by atoms with Crippen molar-refractivity contribution in [2.75, 3.05) is 20.3 Å². The van der Waals surface area contributed by atoms with Gasteiger partial charge in [-0.15, -0.1) is 0 Å². The molecule has 2 aromatic carbocycles. The first-order chi connectivity index (χ1) is 15.3. The number of ether oxygens (including phenoxy) is 1. The van der Waals surface area contributed by atoms with Crippen molar-refractivity contribution in [1.29, 1.82) is 0 Å². The number of aryl methyl sites for hydroxylation is 1. The number of rotatable bonds is 7. The van der Waals surface area contributed by atoms with Gasteiger partial charge in [0.05, 0.1) is 5.84 Å². The zero-order valence-electron chi connectivity index (χ0n) is 18.7. The van der Waals surface area contributed by atoms with Gasteiger partial charge in [0.15, 0.2) is 0 Å². The van der Waals surface area contributed by atoms with E-state index >= 15 is 0 Å². The summed E-state index contributed by atoms with van der Waals surface area (Å²) in [4.78, 5) is 19.8. The number of amides is 1. The van der Waals surface area contributed by atoms with Gasteiger partial charge in [-0.25, -0.2) is 9.38 Å². The number of nitrogens with zero attached hydrogens (tertiary/aromatic N) is 2. The maximum atomic E-state index is 13.6. The molecule has 2 atom stereocenters. The van der Waals surface area contributed by atoms with Crippen molar-refractivity contribution in [3.05, 3.63) is 70.5 Å². The van der Waals surface area contributed by atoms with Crippen molar-refractivity contribution < 1.29 is 19.0 Å². The molecular formula is C25H30FN3O3. The van der Waals surface area contributed by atoms with Gasteiger partial charge in [-0.1, -0.05) is 25.1 Å². The van der Waals surface area contributed by atoms with E-state index in [1.54, 1.807) is 37.1 Å². The molecule has 32 heavy (non-hydrogen) atoms. The first kappa shape index (κ1) is 23.5. The molecule has 0 aromatic heterocycles. The van der Waals surface area contributed by atoms with E-state index in [0.717, 1.165) is 17.6 Å². The highest BCUT2D eigenvalue weighted by Crippen LogP contribution is 2.30. The fraction of sp³-hybridized carbons (Fsp3) is 0.360. The molecule has 0 spiro atoms. The van der Waals surface area contributed by atoms with Crippen LogP contribution in [0.4, 0.5) is 4.39 Å². The summed E-state index contributed by atoms with van der Waals surface area (Å²) >= 11 is 0. The lowest BCUT2D eigenvalue weighted by Crippen LogP contribution is -2.37. The molecule has 2 unspecified atom stereocenters. The predicted octanol–water partition coefficient (Wildman–Crippen LogP) is 4.13. The largest absolute Gasteiger partial charge is 0.508 e. The minimum Gasteiger partial charge on any atom is -0.508 e. The molecular weight excluding hydrogens is 409 g/mol. The Morgan fingerprint density at radius 1 is 1.38 bits per heavy atom. The molecule has 0 radical (unpaired) electrons. The number of halogens is 1. The number of phenolic OH excluding ortho intramolecular Hbond substituents is 1. The average molecular weight is 440 g/mol. The molecule has 3 N–H and O–H groups in total. The maximum absolute atomic E-state index is 13.6. The second-order valence-electron chi connectivity index (χ2n) is 8.13. The molecule has 2 aromatic rings. The number of likely N-dealkylation sites (tertiary alicyclic amines) is 1. The van der Waals surface area contributed by atoms with E-state index in [1.807, 2.05) is 19.1 Å². The second-order valence-corrected chi connectivity index (χ2v) is 8.13. The molecule has 0 aliphatic carbocycles. The number of phenols is 1. The Morgan fingerprint density at radius 2 is 2.16 bits per heavy atom. The Bertz CT molecular complexity index is 1030. The number of hydrogen-bond donors (Lipinski definition) is 2. The minimum absolute atomic E-state index is 0.0120. The number of hydrogen-bond acceptors (Lipinski definition) is 4. The zero-order valence-corrected chi connectivity index (χ0v) is 18.7. The summed E-state index contributed by atoms with van der Waals surface area (Å²) < 4.78 is 18.7. The van der Waals surface area contributed by atoms with Crippen LogP contribution >= 0.6 is 0 Å². The predicted molar refractivity (Wildman–Crippen MR) is 124 cm³/mol. The zero-order chi connectivity index (χ0) is 23.3. The van der Waals surface area contributed by atoms with Gasteiger partial charge in [0.1, 0.15) is 17.7 Å². The lowest BCUT2D eigenvalue weighted by Gasteiger charge is -2.24. The van der Waals surface area contributed by atoms with E-state index in [2.05, 4.69) is 0 Å². The summed E-state index contributed by atoms with van der Waals surface area (Å²) in [7, 11) is 1.64. The van der Waals surface area contributed by atoms with Gasteiger partial charge in [0.25, 0.3) is 5.91 Å². The molecule has 6 nitrogen and oxygen atoms in total. The van der Waals surface area contributed by atoms with Crippen molar-refractivity contribution in [3.63, 3.8) is 0 Å². The van der Waals surface area contributed by atoms with Crippen LogP contribution in [0.3, 0.4) is 0 Å². The Balaban J connectivity index is 1.97. The smallest absolute Gasteiger partial charge is 0.256 e. The first-order valence-electron chi connectivity index (χ1n) is 10.7. The molecule has 1 saturated heterocycles. The molecule has 3 rings (SSSR count). The molecule has 7 heteroatoms. The van der Waals surface area contributed by atoms with Gasteiger partial charge in [-0.05, 0) is 66.8 Å². The molecule has 170 valence electrons. The Hall–Kier alpha value is -3.19. The van der Waals surface area contributed by atoms with Crippen molar-refractivity contribution in [3.8, 4) is 5.75 Å². The molecule has 1 aliphatic heterocycles. The second kappa shape index (κ2) is 10.4. The highest BCUT2D eigenvalue weighted by Gasteiger charge is 2.34. The van der Waals surface area contributed by atoms with Crippen LogP contribution in [0.25, 0.3) is 6.08 Å². The van der Waals surface area contributed by atoms with Crippen LogP contribution in [0.15, 0.2) is 53.0 Å². The highest BCUT2D eigenvalue weighted by atomic mass is 19.1. The lowest BCUT2D eigenvalue weighted by molar-refractivity contribution is 0.0750. The topological polar surface area (TPSA) is 88.2 Å². The number of methoxy groups -OCH3 is 1. The van der Waals surface area contributed by atoms with Crippen LogP contribution in [0.5, 0.6) is 5.75 Å². The van der Waals surface area contributed by atoms with E-state index in [4.69, 9.17) is 15.5 Å². The van der Waals surface area contributed by atoms with E-state index < -0.39 is 6.17 Å². The number of benzene rings is 2. The Morgan fingerprint density at radius 3 is 2.84 bits per heavy atom. The van der Waals surface area contributed by atoms with Gasteiger partial charge >= 0.3 is 0 Å². The third-order valence-corrected chi connectivity index (χ3v) is 5.70. The van der Waals surface area contributed by atoms with Crippen molar-refractivity contribution in [2.45, 2.75) is 32.9 Å². The normalized spacial score (nSPS) is 18.9. The quantitative estimate of drug-likeness (QED) is 0.502. The van der Waals surface area contributed by atoms with Gasteiger partial charge in [0, 0.05) is 31.7 Å². The van der Waals surface area contributed by atoms with Crippen LogP contribution in [-0.2, 0) is 4.74 Å². The molecule has 1 fully saturated rings. The lowest BCUT2D eigenvalue weighted by atomic mass is 10.1. The first-order valence-corrected chi connectivity index (χ1v) is 10.7. The van der Waals surface area contributed by atoms with E-state index in [9.17, 15) is 14.3 Å². The van der Waals surface area contributed by atoms with Gasteiger partial charge in [0.2, 0.25) is 0 Å². The third-order valence-electron chi connectivity index (χ3n) is 5.70. The van der Waals surface area contributed by atoms with E-state index in [0.29, 0.717) is 36.5 Å². The Kier molecular flexibility index (Phi) is 7.64. The molecule has 0 bridgehead atoms. The average Bonchev–Trinajstić information content (AvgIpc) is 3.13. The summed E-state index contributed by atoms with van der Waals surface area (Å²) in [6, 6.07) is 11.1. The Labute approximate surface area is 188 Å². The number of aliphatic imine (C=N–C) groups is 1. The summed E-state index contributed by atoms with van der Waals surface area (Å²) in [6.45, 7) is 4.72. The highest BCUT2D eigenvalue weighted by molar-refractivity contribution is 5.96. The van der Waals surface area contributed by atoms with Crippen LogP contribution in [0, 0.1) is 18.7 Å². The summed E-state index contributed by atoms with van der Waals surface area (Å²) in [5, 5.41) is 9.81. The SMILES string of the molecule is COCCC(C)C(N)=NC1C(=Cc2cccc(O)c2)CCN1C(=O)c1ccc(F)cc1C. The number of carbonyl (C=O) groups is 1. The number of amidine groups is 1. The molecule has 1 heterocycles. The standard InChI is InChI=1S/C25H30FN3O3/c1-16(10-12-32-3)23(27)28-24-19(14-18-5-4-6-21(30)15-18)9-11-29(24)25(31)22-8-7-20(26)13-17(22)2/h4-8,13-16,24,30H,9-12H2,1-3H3,(H2,27,28). The van der Waals surface area contributed by atoms with Crippen molar-refractivity contribution >= 4 is 17.8 Å². The molecule has 1 aliphatic rings. The van der Waals surface area contributed by atoms with Crippen molar-refractivity contribution in [1.82, 2.24) is 4.90 Å². The monoisotopic (exact) mass is 439 g/mol. The van der Waals surface area contributed by atoms with Gasteiger partial charge < -0.3 is 20.5 Å². The van der Waals surface area contributed by atoms with E-state index in [-0.39, 0.29) is 23.4 Å². The maximum Gasteiger partial charge on any atom is 0.256 e.